The number of hydrogen-bond acceptors (Lipinski definition) is 3. The number of benzene rings is 2. The molecule has 24 heavy (non-hydrogen) atoms. The molecule has 0 atom stereocenters. The van der Waals surface area contributed by atoms with E-state index in [-0.39, 0.29) is 24.4 Å². The van der Waals surface area contributed by atoms with Crippen molar-refractivity contribution in [3.05, 3.63) is 54.6 Å². The van der Waals surface area contributed by atoms with E-state index in [9.17, 15) is 9.59 Å². The van der Waals surface area contributed by atoms with Crippen LogP contribution in [0.25, 0.3) is 11.1 Å². The lowest BCUT2D eigenvalue weighted by Crippen LogP contribution is -2.23. The van der Waals surface area contributed by atoms with Crippen LogP contribution in [0, 0.1) is 5.92 Å². The first kappa shape index (κ1) is 16.2. The van der Waals surface area contributed by atoms with Gasteiger partial charge in [-0.1, -0.05) is 55.3 Å². The normalized spacial score (nSPS) is 14.3. The van der Waals surface area contributed by atoms with Crippen molar-refractivity contribution in [3.63, 3.8) is 0 Å². The fraction of sp³-hybridized carbons (Fsp3) is 0.300. The molecule has 0 heterocycles. The number of carbonyl (C=O) groups excluding carboxylic acids is 2. The second kappa shape index (κ2) is 7.77. The van der Waals surface area contributed by atoms with Crippen molar-refractivity contribution in [2.75, 3.05) is 11.9 Å². The van der Waals surface area contributed by atoms with Crippen LogP contribution in [-0.2, 0) is 14.3 Å². The predicted octanol–water partition coefficient (Wildman–Crippen LogP) is 4.03. The number of carbonyl (C=O) groups is 2. The number of ether oxygens (including phenoxy) is 1. The minimum atomic E-state index is -0.311. The molecule has 1 fully saturated rings. The quantitative estimate of drug-likeness (QED) is 0.845. The largest absolute Gasteiger partial charge is 0.455 e. The third-order valence-electron chi connectivity index (χ3n) is 4.31. The predicted molar refractivity (Wildman–Crippen MR) is 93.4 cm³/mol. The molecule has 1 N–H and O–H groups in total. The molecule has 0 bridgehead atoms. The standard InChI is InChI=1S/C20H21NO3/c22-19(14-24-20(23)17-8-4-5-9-17)21-18-12-10-16(11-13-18)15-6-2-1-3-7-15/h1-3,6-7,10-13,17H,4-5,8-9,14H2,(H,21,22). The van der Waals surface area contributed by atoms with Crippen molar-refractivity contribution in [2.24, 2.45) is 5.92 Å². The number of amides is 1. The molecule has 0 saturated heterocycles. The van der Waals surface area contributed by atoms with Gasteiger partial charge in [0.25, 0.3) is 5.91 Å². The molecule has 0 aliphatic heterocycles. The maximum atomic E-state index is 11.9. The Morgan fingerprint density at radius 3 is 2.21 bits per heavy atom. The number of rotatable bonds is 5. The summed E-state index contributed by atoms with van der Waals surface area (Å²) in [7, 11) is 0. The Hall–Kier alpha value is -2.62. The summed E-state index contributed by atoms with van der Waals surface area (Å²) in [6, 6.07) is 17.6. The molecule has 2 aromatic rings. The average molecular weight is 323 g/mol. The summed E-state index contributed by atoms with van der Waals surface area (Å²) in [5.41, 5.74) is 2.90. The topological polar surface area (TPSA) is 55.4 Å². The Morgan fingerprint density at radius 2 is 1.54 bits per heavy atom. The van der Waals surface area contributed by atoms with Gasteiger partial charge in [0.15, 0.2) is 6.61 Å². The summed E-state index contributed by atoms with van der Waals surface area (Å²) >= 11 is 0. The zero-order valence-corrected chi connectivity index (χ0v) is 13.5. The van der Waals surface area contributed by atoms with Gasteiger partial charge in [-0.2, -0.15) is 0 Å². The first-order chi connectivity index (χ1) is 11.7. The Kier molecular flexibility index (Phi) is 5.26. The second-order valence-corrected chi connectivity index (χ2v) is 6.08. The lowest BCUT2D eigenvalue weighted by molar-refractivity contribution is -0.151. The van der Waals surface area contributed by atoms with Gasteiger partial charge in [0.1, 0.15) is 0 Å². The van der Waals surface area contributed by atoms with E-state index in [1.165, 1.54) is 0 Å². The Bertz CT molecular complexity index is 689. The third kappa shape index (κ3) is 4.22. The van der Waals surface area contributed by atoms with E-state index in [0.717, 1.165) is 36.8 Å². The summed E-state index contributed by atoms with van der Waals surface area (Å²) in [4.78, 5) is 23.7. The highest BCUT2D eigenvalue weighted by Crippen LogP contribution is 2.25. The van der Waals surface area contributed by atoms with Crippen LogP contribution in [-0.4, -0.2) is 18.5 Å². The maximum Gasteiger partial charge on any atom is 0.309 e. The monoisotopic (exact) mass is 323 g/mol. The van der Waals surface area contributed by atoms with Crippen LogP contribution in [0.4, 0.5) is 5.69 Å². The molecular formula is C20H21NO3. The maximum absolute atomic E-state index is 11.9. The molecule has 2 aromatic carbocycles. The molecule has 1 aliphatic rings. The molecule has 0 radical (unpaired) electrons. The van der Waals surface area contributed by atoms with E-state index >= 15 is 0 Å². The Labute approximate surface area is 141 Å². The van der Waals surface area contributed by atoms with Crippen molar-refractivity contribution in [1.29, 1.82) is 0 Å². The van der Waals surface area contributed by atoms with E-state index in [1.54, 1.807) is 0 Å². The smallest absolute Gasteiger partial charge is 0.309 e. The fourth-order valence-corrected chi connectivity index (χ4v) is 2.99. The van der Waals surface area contributed by atoms with Crippen LogP contribution in [0.2, 0.25) is 0 Å². The SMILES string of the molecule is O=C(COC(=O)C1CCCC1)Nc1ccc(-c2ccccc2)cc1. The van der Waals surface area contributed by atoms with Crippen molar-refractivity contribution in [2.45, 2.75) is 25.7 Å². The molecular weight excluding hydrogens is 302 g/mol. The number of hydrogen-bond donors (Lipinski definition) is 1. The Balaban J connectivity index is 1.50. The average Bonchev–Trinajstić information content (AvgIpc) is 3.16. The van der Waals surface area contributed by atoms with Gasteiger partial charge in [-0.15, -0.1) is 0 Å². The highest BCUT2D eigenvalue weighted by molar-refractivity contribution is 5.93. The van der Waals surface area contributed by atoms with Crippen LogP contribution in [0.5, 0.6) is 0 Å². The van der Waals surface area contributed by atoms with Crippen molar-refractivity contribution in [1.82, 2.24) is 0 Å². The van der Waals surface area contributed by atoms with Crippen molar-refractivity contribution < 1.29 is 14.3 Å². The summed E-state index contributed by atoms with van der Waals surface area (Å²) in [5, 5.41) is 2.75. The van der Waals surface area contributed by atoms with E-state index < -0.39 is 0 Å². The van der Waals surface area contributed by atoms with Gasteiger partial charge < -0.3 is 10.1 Å². The fourth-order valence-electron chi connectivity index (χ4n) is 2.99. The van der Waals surface area contributed by atoms with Gasteiger partial charge >= 0.3 is 5.97 Å². The molecule has 124 valence electrons. The molecule has 1 amide bonds. The number of esters is 1. The molecule has 3 rings (SSSR count). The van der Waals surface area contributed by atoms with Gasteiger partial charge in [-0.25, -0.2) is 0 Å². The molecule has 0 unspecified atom stereocenters. The number of nitrogens with one attached hydrogen (secondary N) is 1. The lowest BCUT2D eigenvalue weighted by atomic mass is 10.1. The summed E-state index contributed by atoms with van der Waals surface area (Å²) in [6.07, 6.45) is 3.89. The van der Waals surface area contributed by atoms with Crippen molar-refractivity contribution in [3.8, 4) is 11.1 Å². The van der Waals surface area contributed by atoms with Crippen LogP contribution >= 0.6 is 0 Å². The number of anilines is 1. The lowest BCUT2D eigenvalue weighted by Gasteiger charge is -2.10. The van der Waals surface area contributed by atoms with Gasteiger partial charge in [-0.3, -0.25) is 9.59 Å². The first-order valence-corrected chi connectivity index (χ1v) is 8.34. The molecule has 4 nitrogen and oxygen atoms in total. The zero-order chi connectivity index (χ0) is 16.8. The zero-order valence-electron chi connectivity index (χ0n) is 13.5. The highest BCUT2D eigenvalue weighted by atomic mass is 16.5. The summed E-state index contributed by atoms with van der Waals surface area (Å²) in [5.74, 6) is -0.584. The van der Waals surface area contributed by atoms with Crippen LogP contribution in [0.15, 0.2) is 54.6 Å². The molecule has 4 heteroatoms. The third-order valence-corrected chi connectivity index (χ3v) is 4.31. The van der Waals surface area contributed by atoms with Crippen LogP contribution in [0.1, 0.15) is 25.7 Å². The molecule has 1 saturated carbocycles. The van der Waals surface area contributed by atoms with Crippen LogP contribution in [0.3, 0.4) is 0 Å². The molecule has 0 spiro atoms. The second-order valence-electron chi connectivity index (χ2n) is 6.08. The van der Waals surface area contributed by atoms with Gasteiger partial charge in [0.2, 0.25) is 0 Å². The van der Waals surface area contributed by atoms with E-state index in [2.05, 4.69) is 5.32 Å². The van der Waals surface area contributed by atoms with E-state index in [4.69, 9.17) is 4.74 Å². The highest BCUT2D eigenvalue weighted by Gasteiger charge is 2.24. The molecule has 1 aliphatic carbocycles. The molecule has 0 aromatic heterocycles. The van der Waals surface area contributed by atoms with E-state index in [1.807, 2.05) is 54.6 Å². The summed E-state index contributed by atoms with van der Waals surface area (Å²) in [6.45, 7) is -0.226. The first-order valence-electron chi connectivity index (χ1n) is 8.34. The minimum absolute atomic E-state index is 0.0250. The van der Waals surface area contributed by atoms with Gasteiger partial charge in [0.05, 0.1) is 5.92 Å². The summed E-state index contributed by atoms with van der Waals surface area (Å²) < 4.78 is 5.10. The van der Waals surface area contributed by atoms with E-state index in [0.29, 0.717) is 5.69 Å². The van der Waals surface area contributed by atoms with Crippen molar-refractivity contribution >= 4 is 17.6 Å². The minimum Gasteiger partial charge on any atom is -0.455 e. The van der Waals surface area contributed by atoms with Crippen LogP contribution < -0.4 is 5.32 Å². The van der Waals surface area contributed by atoms with Gasteiger partial charge in [0, 0.05) is 5.69 Å². The Morgan fingerprint density at radius 1 is 0.917 bits per heavy atom. The van der Waals surface area contributed by atoms with Gasteiger partial charge in [-0.05, 0) is 36.1 Å².